The number of aliphatic hydroxyl groups is 1. The zero-order valence-electron chi connectivity index (χ0n) is 19.6. The molecule has 3 atom stereocenters. The first-order chi connectivity index (χ1) is 12.6. The van der Waals surface area contributed by atoms with Gasteiger partial charge in [0.05, 0.1) is 6.10 Å². The van der Waals surface area contributed by atoms with Crippen molar-refractivity contribution in [1.82, 2.24) is 0 Å². The van der Waals surface area contributed by atoms with Gasteiger partial charge in [0.25, 0.3) is 0 Å². The second-order valence-corrected chi connectivity index (χ2v) is 25.7. The van der Waals surface area contributed by atoms with Gasteiger partial charge in [-0.15, -0.1) is 0 Å². The zero-order chi connectivity index (χ0) is 21.8. The summed E-state index contributed by atoms with van der Waals surface area (Å²) in [7, 11) is -4.33. The van der Waals surface area contributed by atoms with E-state index in [0.717, 1.165) is 31.7 Å². The van der Waals surface area contributed by atoms with Gasteiger partial charge in [-0.1, -0.05) is 38.7 Å². The monoisotopic (exact) mass is 444 g/mol. The molecule has 1 N–H and O–H groups in total. The topological polar surface area (TPSA) is 55.8 Å². The summed E-state index contributed by atoms with van der Waals surface area (Å²) in [6, 6.07) is 3.77. The average Bonchev–Trinajstić information content (AvgIpc) is 2.52. The van der Waals surface area contributed by atoms with Crippen molar-refractivity contribution in [1.29, 1.82) is 0 Å². The lowest BCUT2D eigenvalue weighted by molar-refractivity contribution is -0.154. The second kappa shape index (κ2) is 10.2. The van der Waals surface area contributed by atoms with Gasteiger partial charge in [0.15, 0.2) is 16.6 Å². The molecule has 1 aliphatic carbocycles. The Morgan fingerprint density at radius 1 is 1.00 bits per heavy atom. The Morgan fingerprint density at radius 2 is 1.57 bits per heavy atom. The molecule has 0 amide bonds. The minimum atomic E-state index is -1.70. The van der Waals surface area contributed by atoms with Crippen molar-refractivity contribution in [2.75, 3.05) is 0 Å². The fourth-order valence-corrected chi connectivity index (χ4v) is 17.2. The van der Waals surface area contributed by atoms with E-state index in [1.54, 1.807) is 6.92 Å². The number of esters is 1. The van der Waals surface area contributed by atoms with E-state index < -0.39 is 36.8 Å². The summed E-state index contributed by atoms with van der Waals surface area (Å²) in [4.78, 5) is 11.7. The normalized spacial score (nSPS) is 24.1. The Labute approximate surface area is 176 Å². The van der Waals surface area contributed by atoms with Crippen molar-refractivity contribution in [3.8, 4) is 0 Å². The summed E-state index contributed by atoms with van der Waals surface area (Å²) in [5, 5.41) is 10.4. The predicted octanol–water partition coefficient (Wildman–Crippen LogP) is 5.79. The van der Waals surface area contributed by atoms with Crippen LogP contribution in [0.2, 0.25) is 64.0 Å². The van der Waals surface area contributed by atoms with Crippen molar-refractivity contribution in [3.05, 3.63) is 12.2 Å². The summed E-state index contributed by atoms with van der Waals surface area (Å²) >= 11 is 0. The van der Waals surface area contributed by atoms with Gasteiger partial charge in [0.2, 0.25) is 0 Å². The van der Waals surface area contributed by atoms with Crippen LogP contribution in [0.25, 0.3) is 0 Å². The van der Waals surface area contributed by atoms with Crippen molar-refractivity contribution in [2.45, 2.75) is 109 Å². The fourth-order valence-electron chi connectivity index (χ4n) is 3.92. The van der Waals surface area contributed by atoms with Crippen LogP contribution in [0.1, 0.15) is 32.6 Å². The van der Waals surface area contributed by atoms with Gasteiger partial charge in [-0.3, -0.25) is 0 Å². The smallest absolute Gasteiger partial charge is 0.333 e. The summed E-state index contributed by atoms with van der Waals surface area (Å²) in [5.74, 6) is 0.104. The Kier molecular flexibility index (Phi) is 9.40. The highest BCUT2D eigenvalue weighted by Gasteiger charge is 2.36. The maximum atomic E-state index is 11.7. The summed E-state index contributed by atoms with van der Waals surface area (Å²) < 4.78 is 12.2. The lowest BCUT2D eigenvalue weighted by atomic mass is 9.84. The number of rotatable bonds is 10. The zero-order valence-corrected chi connectivity index (χ0v) is 22.6. The number of aliphatic hydroxyl groups excluding tert-OH is 1. The third-order valence-electron chi connectivity index (χ3n) is 5.65. The standard InChI is InChI=1S/C21H44O4Si3/c1-17(2)21(23)24-20-11-10-18(16-19(20)22)12-13-27(6,7)25-28(8,9)15-14-26(3,4)5/h18-20,22H,1,10-16H2,2-9H3. The van der Waals surface area contributed by atoms with Crippen LogP contribution in [0.3, 0.4) is 0 Å². The third-order valence-corrected chi connectivity index (χ3v) is 15.3. The quantitative estimate of drug-likeness (QED) is 0.263. The lowest BCUT2D eigenvalue weighted by Gasteiger charge is -2.37. The van der Waals surface area contributed by atoms with Crippen molar-refractivity contribution < 1.29 is 18.8 Å². The van der Waals surface area contributed by atoms with Gasteiger partial charge >= 0.3 is 5.97 Å². The molecule has 1 saturated carbocycles. The van der Waals surface area contributed by atoms with Crippen LogP contribution in [-0.4, -0.2) is 48.0 Å². The molecule has 1 rings (SSSR count). The van der Waals surface area contributed by atoms with E-state index in [1.165, 1.54) is 12.1 Å². The van der Waals surface area contributed by atoms with Crippen molar-refractivity contribution >= 4 is 30.7 Å². The molecule has 164 valence electrons. The van der Waals surface area contributed by atoms with E-state index in [-0.39, 0.29) is 6.10 Å². The van der Waals surface area contributed by atoms with E-state index >= 15 is 0 Å². The number of ether oxygens (including phenoxy) is 1. The van der Waals surface area contributed by atoms with E-state index in [9.17, 15) is 9.90 Å². The van der Waals surface area contributed by atoms with E-state index in [1.807, 2.05) is 0 Å². The predicted molar refractivity (Wildman–Crippen MR) is 126 cm³/mol. The minimum Gasteiger partial charge on any atom is -0.456 e. The summed E-state index contributed by atoms with van der Waals surface area (Å²) in [6.45, 7) is 22.0. The first-order valence-electron chi connectivity index (χ1n) is 10.8. The largest absolute Gasteiger partial charge is 0.456 e. The van der Waals surface area contributed by atoms with E-state index in [2.05, 4.69) is 52.4 Å². The van der Waals surface area contributed by atoms with Gasteiger partial charge in [-0.25, -0.2) is 4.79 Å². The molecule has 0 spiro atoms. The molecule has 0 aromatic rings. The van der Waals surface area contributed by atoms with E-state index in [4.69, 9.17) is 8.85 Å². The third kappa shape index (κ3) is 10.0. The van der Waals surface area contributed by atoms with Crippen LogP contribution in [0.4, 0.5) is 0 Å². The molecule has 0 aliphatic heterocycles. The van der Waals surface area contributed by atoms with Crippen LogP contribution in [0.15, 0.2) is 12.2 Å². The summed E-state index contributed by atoms with van der Waals surface area (Å²) in [6.07, 6.45) is 2.63. The van der Waals surface area contributed by atoms with Crippen molar-refractivity contribution in [3.63, 3.8) is 0 Å². The van der Waals surface area contributed by atoms with Crippen LogP contribution >= 0.6 is 0 Å². The number of hydrogen-bond acceptors (Lipinski definition) is 4. The number of carbonyl (C=O) groups is 1. The Hall–Kier alpha value is -0.219. The molecule has 28 heavy (non-hydrogen) atoms. The van der Waals surface area contributed by atoms with E-state index in [0.29, 0.717) is 11.5 Å². The number of carbonyl (C=O) groups excluding carboxylic acids is 1. The van der Waals surface area contributed by atoms with Crippen LogP contribution < -0.4 is 0 Å². The van der Waals surface area contributed by atoms with Gasteiger partial charge in [-0.05, 0) is 70.4 Å². The minimum absolute atomic E-state index is 0.380. The highest BCUT2D eigenvalue weighted by atomic mass is 28.4. The van der Waals surface area contributed by atoms with Crippen LogP contribution in [-0.2, 0) is 13.6 Å². The molecule has 0 saturated heterocycles. The van der Waals surface area contributed by atoms with Gasteiger partial charge in [-0.2, -0.15) is 0 Å². The highest BCUT2D eigenvalue weighted by molar-refractivity contribution is 6.86. The highest BCUT2D eigenvalue weighted by Crippen LogP contribution is 2.33. The lowest BCUT2D eigenvalue weighted by Crippen LogP contribution is -2.45. The van der Waals surface area contributed by atoms with Crippen molar-refractivity contribution in [2.24, 2.45) is 5.92 Å². The van der Waals surface area contributed by atoms with Gasteiger partial charge in [0, 0.05) is 13.6 Å². The Balaban J connectivity index is 2.46. The maximum Gasteiger partial charge on any atom is 0.333 e. The van der Waals surface area contributed by atoms with Crippen LogP contribution in [0, 0.1) is 5.92 Å². The molecule has 1 aliphatic rings. The molecule has 0 aromatic heterocycles. The molecule has 0 aromatic carbocycles. The van der Waals surface area contributed by atoms with Gasteiger partial charge < -0.3 is 14.0 Å². The average molecular weight is 445 g/mol. The SMILES string of the molecule is C=C(C)C(=O)OC1CCC(CC[Si](C)(C)O[Si](C)(C)CC[Si](C)(C)C)CC1O. The molecular weight excluding hydrogens is 400 g/mol. The van der Waals surface area contributed by atoms with Gasteiger partial charge in [0.1, 0.15) is 6.10 Å². The first kappa shape index (κ1) is 25.8. The molecule has 0 heterocycles. The second-order valence-electron chi connectivity index (χ2n) is 11.2. The first-order valence-corrected chi connectivity index (χ1v) is 20.8. The Bertz CT molecular complexity index is 540. The molecule has 0 radical (unpaired) electrons. The van der Waals surface area contributed by atoms with Crippen LogP contribution in [0.5, 0.6) is 0 Å². The maximum absolute atomic E-state index is 11.7. The molecule has 4 nitrogen and oxygen atoms in total. The number of hydrogen-bond donors (Lipinski definition) is 1. The molecule has 7 heteroatoms. The summed E-state index contributed by atoms with van der Waals surface area (Å²) in [5.41, 5.74) is 0.389. The molecule has 3 unspecified atom stereocenters. The molecule has 1 fully saturated rings. The fraction of sp³-hybridized carbons (Fsp3) is 0.857. The Morgan fingerprint density at radius 3 is 2.07 bits per heavy atom. The molecule has 0 bridgehead atoms. The molecular formula is C21H44O4Si3.